The van der Waals surface area contributed by atoms with E-state index in [1.54, 1.807) is 19.1 Å². The number of ether oxygens (including phenoxy) is 1. The lowest BCUT2D eigenvalue weighted by atomic mass is 9.99. The molecule has 0 aliphatic carbocycles. The van der Waals surface area contributed by atoms with Crippen molar-refractivity contribution in [1.82, 2.24) is 0 Å². The molecule has 0 atom stereocenters. The van der Waals surface area contributed by atoms with Gasteiger partial charge in [-0.05, 0) is 50.3 Å². The highest BCUT2D eigenvalue weighted by Crippen LogP contribution is 2.40. The van der Waals surface area contributed by atoms with Crippen LogP contribution in [0.3, 0.4) is 0 Å². The number of nitrogens with one attached hydrogen (secondary N) is 2. The molecule has 1 aromatic heterocycles. The van der Waals surface area contributed by atoms with Gasteiger partial charge in [0.2, 0.25) is 0 Å². The molecule has 7 heteroatoms. The van der Waals surface area contributed by atoms with Crippen LogP contribution in [0.5, 0.6) is 0 Å². The highest BCUT2D eigenvalue weighted by atomic mass is 35.5. The van der Waals surface area contributed by atoms with Crippen molar-refractivity contribution in [2.24, 2.45) is 5.92 Å². The van der Waals surface area contributed by atoms with Crippen LogP contribution in [0, 0.1) is 12.8 Å². The topological polar surface area (TPSA) is 59.8 Å². The molecule has 0 bridgehead atoms. The third-order valence-corrected chi connectivity index (χ3v) is 6.61. The van der Waals surface area contributed by atoms with Crippen LogP contribution in [-0.2, 0) is 9.53 Å². The Bertz CT molecular complexity index is 871. The molecule has 156 valence electrons. The molecule has 1 amide bonds. The van der Waals surface area contributed by atoms with Gasteiger partial charge in [0.25, 0.3) is 5.91 Å². The van der Waals surface area contributed by atoms with E-state index in [0.717, 1.165) is 47.9 Å². The number of halogens is 1. The Hall–Kier alpha value is -1.89. The first-order valence-electron chi connectivity index (χ1n) is 10.1. The van der Waals surface area contributed by atoms with Gasteiger partial charge in [-0.15, -0.1) is 11.3 Å². The fourth-order valence-electron chi connectivity index (χ4n) is 3.74. The van der Waals surface area contributed by atoms with Crippen LogP contribution in [0.15, 0.2) is 24.3 Å². The van der Waals surface area contributed by atoms with E-state index < -0.39 is 5.97 Å². The number of hydrogen-bond acceptors (Lipinski definition) is 4. The average Bonchev–Trinajstić information content (AvgIpc) is 3.00. The number of piperidine rings is 1. The summed E-state index contributed by atoms with van der Waals surface area (Å²) in [4.78, 5) is 27.7. The molecule has 0 spiro atoms. The van der Waals surface area contributed by atoms with Gasteiger partial charge in [-0.2, -0.15) is 0 Å². The van der Waals surface area contributed by atoms with Crippen LogP contribution in [0.4, 0.5) is 5.00 Å². The molecule has 5 nitrogen and oxygen atoms in total. The predicted molar refractivity (Wildman–Crippen MR) is 118 cm³/mol. The highest BCUT2D eigenvalue weighted by molar-refractivity contribution is 7.17. The molecule has 3 rings (SSSR count). The first-order chi connectivity index (χ1) is 13.9. The molecule has 1 fully saturated rings. The third-order valence-electron chi connectivity index (χ3n) is 5.34. The summed E-state index contributed by atoms with van der Waals surface area (Å²) in [6.45, 7) is 8.70. The summed E-state index contributed by atoms with van der Waals surface area (Å²) >= 11 is 7.43. The quantitative estimate of drug-likeness (QED) is 0.678. The molecule has 2 heterocycles. The minimum Gasteiger partial charge on any atom is -0.462 e. The van der Waals surface area contributed by atoms with Crippen LogP contribution in [0.1, 0.15) is 41.9 Å². The largest absolute Gasteiger partial charge is 0.462 e. The third kappa shape index (κ3) is 5.38. The molecule has 2 N–H and O–H groups in total. The van der Waals surface area contributed by atoms with E-state index in [4.69, 9.17) is 16.3 Å². The lowest BCUT2D eigenvalue weighted by Gasteiger charge is -2.26. The van der Waals surface area contributed by atoms with Crippen LogP contribution < -0.4 is 10.2 Å². The number of amides is 1. The number of carbonyl (C=O) groups excluding carboxylic acids is 2. The SMILES string of the molecule is CCOC(=O)c1c(NC(=O)C[NH+]2CCC(C)CC2)sc(C)c1-c1ccc(Cl)cc1. The second-order valence-corrected chi connectivity index (χ2v) is 9.28. The number of esters is 1. The van der Waals surface area contributed by atoms with Gasteiger partial charge >= 0.3 is 5.97 Å². The second kappa shape index (κ2) is 9.74. The molecule has 0 unspecified atom stereocenters. The van der Waals surface area contributed by atoms with E-state index in [0.29, 0.717) is 22.1 Å². The maximum atomic E-state index is 12.7. The number of anilines is 1. The summed E-state index contributed by atoms with van der Waals surface area (Å²) < 4.78 is 5.30. The van der Waals surface area contributed by atoms with Crippen LogP contribution in [-0.4, -0.2) is 38.1 Å². The number of carbonyl (C=O) groups is 2. The Labute approximate surface area is 181 Å². The predicted octanol–water partition coefficient (Wildman–Crippen LogP) is 3.81. The Kier molecular flexibility index (Phi) is 7.33. The maximum Gasteiger partial charge on any atom is 0.341 e. The Morgan fingerprint density at radius 3 is 2.52 bits per heavy atom. The van der Waals surface area contributed by atoms with Crippen molar-refractivity contribution >= 4 is 39.8 Å². The molecule has 0 radical (unpaired) electrons. The van der Waals surface area contributed by atoms with Crippen molar-refractivity contribution in [2.75, 3.05) is 31.6 Å². The number of likely N-dealkylation sites (tertiary alicyclic amines) is 1. The van der Waals surface area contributed by atoms with Gasteiger partial charge in [-0.25, -0.2) is 4.79 Å². The molecule has 0 saturated carbocycles. The van der Waals surface area contributed by atoms with Crippen molar-refractivity contribution in [1.29, 1.82) is 0 Å². The minimum absolute atomic E-state index is 0.0657. The monoisotopic (exact) mass is 435 g/mol. The normalized spacial score (nSPS) is 19.0. The van der Waals surface area contributed by atoms with Crippen molar-refractivity contribution < 1.29 is 19.2 Å². The second-order valence-electron chi connectivity index (χ2n) is 7.62. The number of thiophene rings is 1. The van der Waals surface area contributed by atoms with Crippen LogP contribution >= 0.6 is 22.9 Å². The van der Waals surface area contributed by atoms with E-state index in [-0.39, 0.29) is 12.5 Å². The molecule has 1 aromatic carbocycles. The number of benzene rings is 1. The molecule has 2 aromatic rings. The molecule has 1 aliphatic heterocycles. The molecular formula is C22H28ClN2O3S+. The zero-order chi connectivity index (χ0) is 21.0. The lowest BCUT2D eigenvalue weighted by Crippen LogP contribution is -3.14. The van der Waals surface area contributed by atoms with E-state index in [9.17, 15) is 9.59 Å². The van der Waals surface area contributed by atoms with Crippen molar-refractivity contribution in [2.45, 2.75) is 33.6 Å². The van der Waals surface area contributed by atoms with Crippen molar-refractivity contribution in [3.8, 4) is 11.1 Å². The summed E-state index contributed by atoms with van der Waals surface area (Å²) in [5.74, 6) is 0.249. The summed E-state index contributed by atoms with van der Waals surface area (Å²) in [5.41, 5.74) is 2.09. The standard InChI is InChI=1S/C22H27ClN2O3S/c1-4-28-22(27)20-19(16-5-7-17(23)8-6-16)15(3)29-21(20)24-18(26)13-25-11-9-14(2)10-12-25/h5-8,14H,4,9-13H2,1-3H3,(H,24,26)/p+1. The van der Waals surface area contributed by atoms with Gasteiger partial charge in [0.1, 0.15) is 10.6 Å². The van der Waals surface area contributed by atoms with Gasteiger partial charge < -0.3 is 15.0 Å². The zero-order valence-corrected chi connectivity index (χ0v) is 18.7. The molecule has 29 heavy (non-hydrogen) atoms. The molecule has 1 aliphatic rings. The van der Waals surface area contributed by atoms with Crippen molar-refractivity contribution in [3.63, 3.8) is 0 Å². The summed E-state index contributed by atoms with van der Waals surface area (Å²) in [7, 11) is 0. The van der Waals surface area contributed by atoms with E-state index in [2.05, 4.69) is 12.2 Å². The lowest BCUT2D eigenvalue weighted by molar-refractivity contribution is -0.897. The van der Waals surface area contributed by atoms with E-state index in [1.165, 1.54) is 16.2 Å². The maximum absolute atomic E-state index is 12.7. The molecular weight excluding hydrogens is 408 g/mol. The van der Waals surface area contributed by atoms with Gasteiger partial charge in [0, 0.05) is 15.5 Å². The smallest absolute Gasteiger partial charge is 0.341 e. The zero-order valence-electron chi connectivity index (χ0n) is 17.1. The number of aryl methyl sites for hydroxylation is 1. The number of quaternary nitrogens is 1. The van der Waals surface area contributed by atoms with Gasteiger partial charge in [-0.1, -0.05) is 30.7 Å². The fourth-order valence-corrected chi connectivity index (χ4v) is 4.95. The van der Waals surface area contributed by atoms with E-state index >= 15 is 0 Å². The fraction of sp³-hybridized carbons (Fsp3) is 0.455. The van der Waals surface area contributed by atoms with Crippen molar-refractivity contribution in [3.05, 3.63) is 39.7 Å². The van der Waals surface area contributed by atoms with Gasteiger partial charge in [-0.3, -0.25) is 4.79 Å². The minimum atomic E-state index is -0.420. The Morgan fingerprint density at radius 1 is 1.24 bits per heavy atom. The first kappa shape index (κ1) is 21.8. The Morgan fingerprint density at radius 2 is 1.90 bits per heavy atom. The number of hydrogen-bond donors (Lipinski definition) is 2. The Balaban J connectivity index is 1.85. The first-order valence-corrected chi connectivity index (χ1v) is 11.3. The highest BCUT2D eigenvalue weighted by Gasteiger charge is 2.27. The average molecular weight is 436 g/mol. The van der Waals surface area contributed by atoms with Gasteiger partial charge in [0.05, 0.1) is 19.7 Å². The molecule has 1 saturated heterocycles. The van der Waals surface area contributed by atoms with Crippen LogP contribution in [0.2, 0.25) is 5.02 Å². The van der Waals surface area contributed by atoms with E-state index in [1.807, 2.05) is 19.1 Å². The number of rotatable bonds is 6. The summed E-state index contributed by atoms with van der Waals surface area (Å²) in [6, 6.07) is 7.35. The summed E-state index contributed by atoms with van der Waals surface area (Å²) in [5, 5.41) is 4.17. The summed E-state index contributed by atoms with van der Waals surface area (Å²) in [6.07, 6.45) is 2.30. The van der Waals surface area contributed by atoms with Crippen LogP contribution in [0.25, 0.3) is 11.1 Å². The van der Waals surface area contributed by atoms with Gasteiger partial charge in [0.15, 0.2) is 6.54 Å².